The van der Waals surface area contributed by atoms with E-state index in [1.165, 1.54) is 25.2 Å². The van der Waals surface area contributed by atoms with E-state index in [9.17, 15) is 14.4 Å². The highest BCUT2D eigenvalue weighted by molar-refractivity contribution is 6.01. The van der Waals surface area contributed by atoms with Gasteiger partial charge in [0.25, 0.3) is 5.91 Å². The Hall–Kier alpha value is -3.56. The second-order valence-electron chi connectivity index (χ2n) is 6.42. The van der Waals surface area contributed by atoms with Gasteiger partial charge in [-0.25, -0.2) is 0 Å². The predicted octanol–water partition coefficient (Wildman–Crippen LogP) is 1.54. The average Bonchev–Trinajstić information content (AvgIpc) is 3.30. The van der Waals surface area contributed by atoms with Crippen LogP contribution in [-0.4, -0.2) is 50.3 Å². The molecule has 1 fully saturated rings. The van der Waals surface area contributed by atoms with Gasteiger partial charge in [0.15, 0.2) is 12.4 Å². The van der Waals surface area contributed by atoms with Crippen LogP contribution in [0, 0.1) is 12.8 Å². The third-order valence-electron chi connectivity index (χ3n) is 4.38. The number of hydrogen-bond acceptors (Lipinski definition) is 8. The molecule has 29 heavy (non-hydrogen) atoms. The zero-order chi connectivity index (χ0) is 21.0. The quantitative estimate of drug-likeness (QED) is 0.691. The van der Waals surface area contributed by atoms with Crippen LogP contribution >= 0.6 is 0 Å². The summed E-state index contributed by atoms with van der Waals surface area (Å²) >= 11 is 0. The summed E-state index contributed by atoms with van der Waals surface area (Å²) in [5.74, 6) is -0.321. The molecule has 10 heteroatoms. The number of methoxy groups -OCH3 is 2. The fourth-order valence-corrected chi connectivity index (χ4v) is 2.96. The first-order valence-corrected chi connectivity index (χ1v) is 8.83. The van der Waals surface area contributed by atoms with Crippen molar-refractivity contribution in [2.45, 2.75) is 13.3 Å². The zero-order valence-electron chi connectivity index (χ0n) is 16.3. The summed E-state index contributed by atoms with van der Waals surface area (Å²) in [6.45, 7) is 1.31. The molecule has 0 radical (unpaired) electrons. The van der Waals surface area contributed by atoms with Crippen molar-refractivity contribution >= 4 is 29.3 Å². The Morgan fingerprint density at radius 2 is 2.07 bits per heavy atom. The number of amides is 2. The minimum absolute atomic E-state index is 0.0245. The van der Waals surface area contributed by atoms with Gasteiger partial charge in [-0.05, 0) is 19.1 Å². The molecule has 0 spiro atoms. The molecule has 1 aromatic carbocycles. The Kier molecular flexibility index (Phi) is 6.01. The molecular formula is C19H21N3O7. The molecule has 3 rings (SSSR count). The maximum absolute atomic E-state index is 12.5. The second kappa shape index (κ2) is 8.63. The number of aryl methyl sites for hydroxylation is 1. The van der Waals surface area contributed by atoms with E-state index in [0.717, 1.165) is 0 Å². The topological polar surface area (TPSA) is 120 Å². The van der Waals surface area contributed by atoms with Gasteiger partial charge in [-0.3, -0.25) is 14.4 Å². The highest BCUT2D eigenvalue weighted by Crippen LogP contribution is 2.36. The van der Waals surface area contributed by atoms with Crippen LogP contribution in [0.15, 0.2) is 28.8 Å². The highest BCUT2D eigenvalue weighted by Gasteiger charge is 2.37. The number of carbonyl (C=O) groups excluding carboxylic acids is 3. The lowest BCUT2D eigenvalue weighted by Crippen LogP contribution is -2.28. The molecule has 1 saturated heterocycles. The van der Waals surface area contributed by atoms with Gasteiger partial charge in [-0.15, -0.1) is 0 Å². The normalized spacial score (nSPS) is 15.9. The summed E-state index contributed by atoms with van der Waals surface area (Å²) in [5, 5.41) is 6.07. The molecule has 1 N–H and O–H groups in total. The van der Waals surface area contributed by atoms with Crippen molar-refractivity contribution in [1.82, 2.24) is 5.16 Å². The summed E-state index contributed by atoms with van der Waals surface area (Å²) < 4.78 is 20.4. The lowest BCUT2D eigenvalue weighted by atomic mass is 10.1. The first-order chi connectivity index (χ1) is 13.9. The van der Waals surface area contributed by atoms with Crippen LogP contribution in [0.5, 0.6) is 11.5 Å². The number of hydrogen-bond donors (Lipinski definition) is 1. The third kappa shape index (κ3) is 4.65. The molecule has 0 bridgehead atoms. The Morgan fingerprint density at radius 3 is 2.72 bits per heavy atom. The molecule has 2 aromatic rings. The fourth-order valence-electron chi connectivity index (χ4n) is 2.96. The van der Waals surface area contributed by atoms with Crippen LogP contribution in [0.2, 0.25) is 0 Å². The Balaban J connectivity index is 1.59. The summed E-state index contributed by atoms with van der Waals surface area (Å²) in [7, 11) is 3.01. The van der Waals surface area contributed by atoms with Gasteiger partial charge in [0.2, 0.25) is 5.91 Å². The summed E-state index contributed by atoms with van der Waals surface area (Å²) in [5.41, 5.74) is 0.506. The largest absolute Gasteiger partial charge is 0.497 e. The monoisotopic (exact) mass is 403 g/mol. The van der Waals surface area contributed by atoms with E-state index in [1.807, 2.05) is 0 Å². The van der Waals surface area contributed by atoms with Crippen LogP contribution in [0.3, 0.4) is 0 Å². The van der Waals surface area contributed by atoms with Gasteiger partial charge in [-0.1, -0.05) is 5.16 Å². The van der Waals surface area contributed by atoms with Gasteiger partial charge in [0.05, 0.1) is 25.8 Å². The number of carbonyl (C=O) groups is 3. The molecule has 1 aliphatic heterocycles. The Bertz CT molecular complexity index is 924. The van der Waals surface area contributed by atoms with Crippen LogP contribution in [-0.2, 0) is 19.1 Å². The SMILES string of the molecule is COc1ccc(OC)c(N2C[C@@H](C(=O)OCC(=O)Nc3cc(C)on3)CC2=O)c1. The van der Waals surface area contributed by atoms with E-state index in [-0.39, 0.29) is 24.7 Å². The molecule has 154 valence electrons. The van der Waals surface area contributed by atoms with Crippen molar-refractivity contribution in [3.8, 4) is 11.5 Å². The Morgan fingerprint density at radius 1 is 1.28 bits per heavy atom. The maximum atomic E-state index is 12.5. The first-order valence-electron chi connectivity index (χ1n) is 8.83. The molecule has 1 aliphatic rings. The van der Waals surface area contributed by atoms with Gasteiger partial charge in [0, 0.05) is 25.1 Å². The van der Waals surface area contributed by atoms with E-state index in [2.05, 4.69) is 10.5 Å². The lowest BCUT2D eigenvalue weighted by Gasteiger charge is -2.20. The van der Waals surface area contributed by atoms with E-state index < -0.39 is 24.4 Å². The second-order valence-corrected chi connectivity index (χ2v) is 6.42. The van der Waals surface area contributed by atoms with Crippen LogP contribution < -0.4 is 19.7 Å². The average molecular weight is 403 g/mol. The van der Waals surface area contributed by atoms with Crippen molar-refractivity contribution in [3.63, 3.8) is 0 Å². The van der Waals surface area contributed by atoms with Gasteiger partial charge in [0.1, 0.15) is 17.3 Å². The molecule has 2 amide bonds. The molecular weight excluding hydrogens is 382 g/mol. The van der Waals surface area contributed by atoms with E-state index in [4.69, 9.17) is 18.7 Å². The highest BCUT2D eigenvalue weighted by atomic mass is 16.5. The van der Waals surface area contributed by atoms with Gasteiger partial charge in [-0.2, -0.15) is 0 Å². The van der Waals surface area contributed by atoms with Crippen molar-refractivity contribution in [1.29, 1.82) is 0 Å². The molecule has 2 heterocycles. The summed E-state index contributed by atoms with van der Waals surface area (Å²) in [6.07, 6.45) is -0.0245. The molecule has 0 unspecified atom stereocenters. The standard InChI is InChI=1S/C19H21N3O7/c1-11-6-16(21-29-11)20-17(23)10-28-19(25)12-7-18(24)22(9-12)14-8-13(26-2)4-5-15(14)27-3/h4-6,8,12H,7,9-10H2,1-3H3,(H,20,21,23)/t12-/m0/s1. The minimum atomic E-state index is -0.694. The third-order valence-corrected chi connectivity index (χ3v) is 4.38. The van der Waals surface area contributed by atoms with E-state index in [1.54, 1.807) is 25.1 Å². The molecule has 1 aromatic heterocycles. The number of benzene rings is 1. The number of esters is 1. The van der Waals surface area contributed by atoms with Crippen LogP contribution in [0.1, 0.15) is 12.2 Å². The smallest absolute Gasteiger partial charge is 0.311 e. The van der Waals surface area contributed by atoms with E-state index >= 15 is 0 Å². The van der Waals surface area contributed by atoms with Crippen molar-refractivity contribution in [2.24, 2.45) is 5.92 Å². The number of nitrogens with one attached hydrogen (secondary N) is 1. The van der Waals surface area contributed by atoms with Crippen LogP contribution in [0.4, 0.5) is 11.5 Å². The number of anilines is 2. The number of aromatic nitrogens is 1. The maximum Gasteiger partial charge on any atom is 0.311 e. The lowest BCUT2D eigenvalue weighted by molar-refractivity contribution is -0.151. The van der Waals surface area contributed by atoms with Gasteiger partial charge < -0.3 is 29.0 Å². The molecule has 10 nitrogen and oxygen atoms in total. The van der Waals surface area contributed by atoms with E-state index in [0.29, 0.717) is 22.9 Å². The number of rotatable bonds is 7. The minimum Gasteiger partial charge on any atom is -0.497 e. The van der Waals surface area contributed by atoms with Crippen molar-refractivity contribution in [2.75, 3.05) is 37.6 Å². The zero-order valence-corrected chi connectivity index (χ0v) is 16.3. The van der Waals surface area contributed by atoms with Crippen LogP contribution in [0.25, 0.3) is 0 Å². The first kappa shape index (κ1) is 20.2. The van der Waals surface area contributed by atoms with Crippen molar-refractivity contribution < 1.29 is 33.1 Å². The summed E-state index contributed by atoms with van der Waals surface area (Å²) in [6, 6.07) is 6.60. The fraction of sp³-hybridized carbons (Fsp3) is 0.368. The predicted molar refractivity (Wildman–Crippen MR) is 101 cm³/mol. The van der Waals surface area contributed by atoms with Crippen molar-refractivity contribution in [3.05, 3.63) is 30.0 Å². The number of nitrogens with zero attached hydrogens (tertiary/aromatic N) is 2. The summed E-state index contributed by atoms with van der Waals surface area (Å²) in [4.78, 5) is 38.1. The number of ether oxygens (including phenoxy) is 3. The molecule has 0 aliphatic carbocycles. The van der Waals surface area contributed by atoms with Gasteiger partial charge >= 0.3 is 5.97 Å². The molecule has 1 atom stereocenters. The molecule has 0 saturated carbocycles. The Labute approximate surface area is 166 Å².